The molecule has 0 radical (unpaired) electrons. The summed E-state index contributed by atoms with van der Waals surface area (Å²) in [5.41, 5.74) is 1.70. The normalized spacial score (nSPS) is 19.4. The lowest BCUT2D eigenvalue weighted by molar-refractivity contribution is -0.142. The van der Waals surface area contributed by atoms with Gasteiger partial charge in [0.2, 0.25) is 11.8 Å². The molecule has 2 aliphatic rings. The van der Waals surface area contributed by atoms with E-state index < -0.39 is 5.60 Å². The van der Waals surface area contributed by atoms with Crippen LogP contribution in [-0.4, -0.2) is 38.5 Å². The minimum atomic E-state index is -1.15. The maximum atomic E-state index is 14.0. The van der Waals surface area contributed by atoms with E-state index in [1.165, 1.54) is 27.7 Å². The molecule has 1 aliphatic carbocycles. The molecule has 2 aromatic carbocycles. The van der Waals surface area contributed by atoms with Gasteiger partial charge in [0.25, 0.3) is 5.56 Å². The third-order valence-corrected chi connectivity index (χ3v) is 8.20. The third kappa shape index (κ3) is 5.97. The number of imide groups is 1. The number of aromatic nitrogens is 1. The average Bonchev–Trinajstić information content (AvgIpc) is 3.25. The van der Waals surface area contributed by atoms with Crippen LogP contribution in [0.1, 0.15) is 69.1 Å². The fourth-order valence-electron chi connectivity index (χ4n) is 5.89. The highest BCUT2D eigenvalue weighted by Crippen LogP contribution is 2.42. The number of rotatable bonds is 7. The molecular formula is C33H37FN2O6. The molecule has 1 N–H and O–H groups in total. The zero-order valence-electron chi connectivity index (χ0n) is 24.7. The summed E-state index contributed by atoms with van der Waals surface area (Å²) in [5, 5.41) is 10.8. The first kappa shape index (κ1) is 29.5. The Morgan fingerprint density at radius 1 is 0.881 bits per heavy atom. The molecule has 0 atom stereocenters. The van der Waals surface area contributed by atoms with Crippen LogP contribution in [0.5, 0.6) is 17.2 Å². The Balaban J connectivity index is 1.51. The minimum Gasteiger partial charge on any atom is -0.490 e. The molecule has 1 saturated carbocycles. The van der Waals surface area contributed by atoms with Crippen LogP contribution in [0, 0.1) is 19.7 Å². The van der Waals surface area contributed by atoms with Gasteiger partial charge in [-0.05, 0) is 94.3 Å². The lowest BCUT2D eigenvalue weighted by Gasteiger charge is -2.34. The molecule has 1 saturated heterocycles. The predicted molar refractivity (Wildman–Crippen MR) is 156 cm³/mol. The van der Waals surface area contributed by atoms with Crippen LogP contribution in [0.25, 0.3) is 11.1 Å². The summed E-state index contributed by atoms with van der Waals surface area (Å²) < 4.78 is 28.3. The van der Waals surface area contributed by atoms with Gasteiger partial charge in [-0.2, -0.15) is 0 Å². The van der Waals surface area contributed by atoms with Crippen molar-refractivity contribution in [2.75, 3.05) is 0 Å². The topological polar surface area (TPSA) is 98.1 Å². The summed E-state index contributed by atoms with van der Waals surface area (Å²) in [6.07, 6.45) is 4.53. The van der Waals surface area contributed by atoms with Crippen molar-refractivity contribution >= 4 is 11.8 Å². The Kier molecular flexibility index (Phi) is 7.98. The number of hydrogen-bond donors (Lipinski definition) is 1. The van der Waals surface area contributed by atoms with Gasteiger partial charge in [0, 0.05) is 49.3 Å². The summed E-state index contributed by atoms with van der Waals surface area (Å²) in [5.74, 6) is 0.787. The first-order valence-electron chi connectivity index (χ1n) is 14.4. The van der Waals surface area contributed by atoms with E-state index in [9.17, 15) is 23.9 Å². The molecule has 222 valence electrons. The molecular weight excluding hydrogens is 539 g/mol. The number of carbonyl (C=O) groups excluding carboxylic acids is 2. The number of ether oxygens (including phenoxy) is 2. The first-order valence-corrected chi connectivity index (χ1v) is 14.4. The largest absolute Gasteiger partial charge is 0.490 e. The average molecular weight is 577 g/mol. The first-order chi connectivity index (χ1) is 19.8. The minimum absolute atomic E-state index is 0.107. The Labute approximate surface area is 244 Å². The molecule has 3 aromatic rings. The Hall–Kier alpha value is -3.98. The van der Waals surface area contributed by atoms with Crippen molar-refractivity contribution in [1.82, 2.24) is 9.47 Å². The van der Waals surface area contributed by atoms with Crippen LogP contribution in [0.3, 0.4) is 0 Å². The number of likely N-dealkylation sites (tertiary alicyclic amines) is 1. The smallest absolute Gasteiger partial charge is 0.254 e. The molecule has 0 spiro atoms. The third-order valence-electron chi connectivity index (χ3n) is 8.20. The van der Waals surface area contributed by atoms with Crippen LogP contribution < -0.4 is 15.0 Å². The van der Waals surface area contributed by atoms with E-state index in [2.05, 4.69) is 0 Å². The van der Waals surface area contributed by atoms with Gasteiger partial charge in [0.05, 0.1) is 11.7 Å². The molecule has 8 nitrogen and oxygen atoms in total. The van der Waals surface area contributed by atoms with Crippen molar-refractivity contribution in [3.8, 4) is 28.4 Å². The number of pyridine rings is 1. The van der Waals surface area contributed by atoms with Crippen LogP contribution in [-0.2, 0) is 22.2 Å². The van der Waals surface area contributed by atoms with Crippen LogP contribution in [0.2, 0.25) is 0 Å². The highest BCUT2D eigenvalue weighted by molar-refractivity contribution is 6.02. The monoisotopic (exact) mass is 576 g/mol. The van der Waals surface area contributed by atoms with Gasteiger partial charge in [0.15, 0.2) is 0 Å². The van der Waals surface area contributed by atoms with Crippen LogP contribution in [0.15, 0.2) is 47.4 Å². The molecule has 0 bridgehead atoms. The van der Waals surface area contributed by atoms with Gasteiger partial charge < -0.3 is 19.1 Å². The Bertz CT molecular complexity index is 1560. The second-order valence-electron chi connectivity index (χ2n) is 11.9. The molecule has 2 heterocycles. The molecule has 2 amide bonds. The lowest BCUT2D eigenvalue weighted by atomic mass is 9.91. The van der Waals surface area contributed by atoms with Gasteiger partial charge in [-0.3, -0.25) is 19.3 Å². The standard InChI is InChI=1S/C33H37FN2O6/c1-19-14-22(34)15-20(2)32(19)42-27-11-6-21(33(3,4)40)16-25(27)26-18-35(5)31(39)17-28(26)41-24-9-7-23(8-10-24)36-29(37)12-13-30(36)38/h6,11,14-18,23-24,40H,7-10,12-13H2,1-5H3/t23-,24-. The number of benzene rings is 2. The van der Waals surface area contributed by atoms with Crippen molar-refractivity contribution in [2.45, 2.75) is 84.0 Å². The van der Waals surface area contributed by atoms with Crippen molar-refractivity contribution in [2.24, 2.45) is 7.05 Å². The molecule has 42 heavy (non-hydrogen) atoms. The zero-order chi connectivity index (χ0) is 30.3. The van der Waals surface area contributed by atoms with Crippen molar-refractivity contribution in [3.05, 3.63) is 75.5 Å². The molecule has 9 heteroatoms. The van der Waals surface area contributed by atoms with Crippen molar-refractivity contribution in [3.63, 3.8) is 0 Å². The van der Waals surface area contributed by atoms with Gasteiger partial charge >= 0.3 is 0 Å². The van der Waals surface area contributed by atoms with E-state index in [0.717, 1.165) is 0 Å². The maximum absolute atomic E-state index is 14.0. The van der Waals surface area contributed by atoms with E-state index in [0.29, 0.717) is 70.7 Å². The van der Waals surface area contributed by atoms with Crippen LogP contribution in [0.4, 0.5) is 4.39 Å². The van der Waals surface area contributed by atoms with Gasteiger partial charge in [-0.15, -0.1) is 0 Å². The second kappa shape index (κ2) is 11.4. The fraction of sp³-hybridized carbons (Fsp3) is 0.424. The van der Waals surface area contributed by atoms with E-state index >= 15 is 0 Å². The quantitative estimate of drug-likeness (QED) is 0.364. The van der Waals surface area contributed by atoms with E-state index in [-0.39, 0.29) is 48.2 Å². The van der Waals surface area contributed by atoms with Crippen molar-refractivity contribution in [1.29, 1.82) is 0 Å². The Morgan fingerprint density at radius 2 is 1.50 bits per heavy atom. The number of halogens is 1. The van der Waals surface area contributed by atoms with Gasteiger partial charge in [-0.1, -0.05) is 6.07 Å². The highest BCUT2D eigenvalue weighted by Gasteiger charge is 2.37. The zero-order valence-corrected chi connectivity index (χ0v) is 24.7. The van der Waals surface area contributed by atoms with Gasteiger partial charge in [0.1, 0.15) is 23.1 Å². The second-order valence-corrected chi connectivity index (χ2v) is 11.9. The number of amides is 2. The maximum Gasteiger partial charge on any atom is 0.254 e. The van der Waals surface area contributed by atoms with E-state index in [1.807, 2.05) is 6.07 Å². The molecule has 2 fully saturated rings. The fourth-order valence-corrected chi connectivity index (χ4v) is 5.89. The van der Waals surface area contributed by atoms with E-state index in [4.69, 9.17) is 9.47 Å². The number of hydrogen-bond acceptors (Lipinski definition) is 6. The predicted octanol–water partition coefficient (Wildman–Crippen LogP) is 5.67. The molecule has 5 rings (SSSR count). The molecule has 0 unspecified atom stereocenters. The summed E-state index contributed by atoms with van der Waals surface area (Å²) in [6, 6.07) is 9.50. The summed E-state index contributed by atoms with van der Waals surface area (Å²) in [7, 11) is 1.65. The summed E-state index contributed by atoms with van der Waals surface area (Å²) in [4.78, 5) is 38.7. The summed E-state index contributed by atoms with van der Waals surface area (Å²) >= 11 is 0. The SMILES string of the molecule is Cc1cc(F)cc(C)c1Oc1ccc(C(C)(C)O)cc1-c1cn(C)c(=O)cc1O[C@H]1CC[C@H](N2C(=O)CCC2=O)CC1. The van der Waals surface area contributed by atoms with Crippen LogP contribution >= 0.6 is 0 Å². The Morgan fingerprint density at radius 3 is 2.10 bits per heavy atom. The van der Waals surface area contributed by atoms with Crippen molar-refractivity contribution < 1.29 is 28.6 Å². The number of aryl methyl sites for hydroxylation is 3. The number of aliphatic hydroxyl groups is 1. The number of carbonyl (C=O) groups is 2. The lowest BCUT2D eigenvalue weighted by Crippen LogP contribution is -2.43. The van der Waals surface area contributed by atoms with Gasteiger partial charge in [-0.25, -0.2) is 4.39 Å². The number of nitrogens with zero attached hydrogens (tertiary/aromatic N) is 2. The molecule has 1 aromatic heterocycles. The molecule has 1 aliphatic heterocycles. The van der Waals surface area contributed by atoms with E-state index in [1.54, 1.807) is 53.1 Å². The summed E-state index contributed by atoms with van der Waals surface area (Å²) in [6.45, 7) is 6.92. The highest BCUT2D eigenvalue weighted by atomic mass is 19.1.